The third-order valence-corrected chi connectivity index (χ3v) is 11.7. The van der Waals surface area contributed by atoms with Crippen LogP contribution < -0.4 is 11.1 Å². The van der Waals surface area contributed by atoms with Crippen LogP contribution in [0.4, 0.5) is 13.2 Å². The number of aliphatic hydroxyl groups excluding tert-OH is 1. The molecule has 0 bridgehead atoms. The highest BCUT2D eigenvalue weighted by atomic mass is 19.4. The van der Waals surface area contributed by atoms with E-state index in [2.05, 4.69) is 26.1 Å². The smallest absolute Gasteiger partial charge is 0.475 e. The predicted octanol–water partition coefficient (Wildman–Crippen LogP) is 4.02. The molecule has 0 aromatic heterocycles. The molecule has 5 aliphatic rings. The molecule has 1 amide bonds. The van der Waals surface area contributed by atoms with Crippen molar-refractivity contribution in [2.45, 2.75) is 102 Å². The van der Waals surface area contributed by atoms with Crippen LogP contribution in [0.25, 0.3) is 0 Å². The molecule has 1 heterocycles. The first-order valence-corrected chi connectivity index (χ1v) is 17.4. The van der Waals surface area contributed by atoms with Gasteiger partial charge >= 0.3 is 12.1 Å². The number of nitrogens with one attached hydrogen (secondary N) is 1. The summed E-state index contributed by atoms with van der Waals surface area (Å²) in [6, 6.07) is 8.81. The molecular weight excluding hydrogens is 673 g/mol. The number of amides is 1. The third kappa shape index (κ3) is 7.30. The average Bonchev–Trinajstić information content (AvgIpc) is 3.55. The molecule has 4 aliphatic carbocycles. The Balaban J connectivity index is 0.000000654. The zero-order valence-corrected chi connectivity index (χ0v) is 29.0. The number of carbonyl (C=O) groups is 4. The van der Waals surface area contributed by atoms with Crippen molar-refractivity contribution in [3.8, 4) is 0 Å². The number of benzene rings is 1. The van der Waals surface area contributed by atoms with Crippen LogP contribution in [0.15, 0.2) is 54.1 Å². The van der Waals surface area contributed by atoms with Crippen molar-refractivity contribution in [1.82, 2.24) is 5.32 Å². The molecule has 1 aromatic carbocycles. The lowest BCUT2D eigenvalue weighted by Gasteiger charge is -2.59. The number of carboxylic acids is 1. The number of hydrogen-bond acceptors (Lipinski definition) is 9. The standard InChI is InChI=1S/C35H46N2O7.C2HF3O2/c1-4-8-30-43-29-17-25-24-12-11-22-16-23(38)13-14-33(22,2)31(24)27(39)18-34(25,3)35(29,44-30)28(40)19-42-20-37-32(41)26(36)15-21-9-6-5-7-10-21;3-2(4,5)1(6)7/h5-7,9-10,13-14,16,24-27,29-31,39H,4,8,11-12,15,17-20,36H2,1-3H3,(H,37,41);(H,6,7)/t24-,25-,26-,27-,29+,30?,31+,33-,34-,35+;/m0./s1. The van der Waals surface area contributed by atoms with Crippen LogP contribution in [0.1, 0.15) is 64.9 Å². The van der Waals surface area contributed by atoms with Gasteiger partial charge in [0, 0.05) is 16.7 Å². The lowest BCUT2D eigenvalue weighted by molar-refractivity contribution is -0.201. The van der Waals surface area contributed by atoms with Crippen molar-refractivity contribution < 1.29 is 56.8 Å². The highest BCUT2D eigenvalue weighted by Gasteiger charge is 2.75. The maximum atomic E-state index is 14.3. The Hall–Kier alpha value is -3.43. The molecule has 0 radical (unpaired) electrons. The lowest BCUT2D eigenvalue weighted by Crippen LogP contribution is -2.63. The minimum absolute atomic E-state index is 0.00384. The van der Waals surface area contributed by atoms with Gasteiger partial charge in [0.05, 0.1) is 18.2 Å². The number of Topliss-reactive ketones (excluding diaryl/α,β-unsaturated/α-hetero) is 1. The lowest BCUT2D eigenvalue weighted by atomic mass is 9.46. The number of carbonyl (C=O) groups excluding carboxylic acids is 3. The second kappa shape index (κ2) is 14.9. The molecule has 5 N–H and O–H groups in total. The Morgan fingerprint density at radius 2 is 1.86 bits per heavy atom. The van der Waals surface area contributed by atoms with E-state index in [0.29, 0.717) is 25.7 Å². The van der Waals surface area contributed by atoms with Crippen LogP contribution in [0, 0.1) is 28.6 Å². The molecule has 3 saturated carbocycles. The predicted molar refractivity (Wildman–Crippen MR) is 177 cm³/mol. The van der Waals surface area contributed by atoms with E-state index in [9.17, 15) is 32.7 Å². The number of ketones is 2. The van der Waals surface area contributed by atoms with Crippen LogP contribution in [-0.2, 0) is 39.8 Å². The van der Waals surface area contributed by atoms with Crippen LogP contribution in [0.2, 0.25) is 0 Å². The summed E-state index contributed by atoms with van der Waals surface area (Å²) in [6.45, 7) is 5.87. The Labute approximate surface area is 294 Å². The Morgan fingerprint density at radius 1 is 1.18 bits per heavy atom. The van der Waals surface area contributed by atoms with Gasteiger partial charge in [-0.2, -0.15) is 13.2 Å². The largest absolute Gasteiger partial charge is 0.490 e. The van der Waals surface area contributed by atoms with Crippen molar-refractivity contribution in [3.05, 3.63) is 59.7 Å². The van der Waals surface area contributed by atoms with Gasteiger partial charge in [0.2, 0.25) is 5.91 Å². The van der Waals surface area contributed by atoms with Gasteiger partial charge in [0.15, 0.2) is 23.5 Å². The van der Waals surface area contributed by atoms with Gasteiger partial charge in [-0.15, -0.1) is 0 Å². The topological polar surface area (TPSA) is 174 Å². The van der Waals surface area contributed by atoms with Gasteiger partial charge in [-0.3, -0.25) is 14.4 Å². The van der Waals surface area contributed by atoms with E-state index >= 15 is 0 Å². The first-order chi connectivity index (χ1) is 24.0. The highest BCUT2D eigenvalue weighted by Crippen LogP contribution is 2.69. The van der Waals surface area contributed by atoms with Crippen LogP contribution in [0.5, 0.6) is 0 Å². The first-order valence-electron chi connectivity index (χ1n) is 17.4. The van der Waals surface area contributed by atoms with E-state index in [0.717, 1.165) is 30.4 Å². The molecule has 14 heteroatoms. The third-order valence-electron chi connectivity index (χ3n) is 11.7. The van der Waals surface area contributed by atoms with Crippen molar-refractivity contribution in [2.24, 2.45) is 34.3 Å². The van der Waals surface area contributed by atoms with Crippen molar-refractivity contribution in [2.75, 3.05) is 13.3 Å². The monoisotopic (exact) mass is 720 g/mol. The number of aliphatic hydroxyl groups is 1. The summed E-state index contributed by atoms with van der Waals surface area (Å²) in [4.78, 5) is 47.9. The van der Waals surface area contributed by atoms with Crippen molar-refractivity contribution in [1.29, 1.82) is 0 Å². The minimum atomic E-state index is -5.08. The van der Waals surface area contributed by atoms with Gasteiger partial charge in [-0.1, -0.05) is 69.2 Å². The quantitative estimate of drug-likeness (QED) is 0.204. The number of fused-ring (bicyclic) bond motifs is 7. The summed E-state index contributed by atoms with van der Waals surface area (Å²) in [5.74, 6) is -3.15. The summed E-state index contributed by atoms with van der Waals surface area (Å²) >= 11 is 0. The second-order valence-electron chi connectivity index (χ2n) is 14.7. The zero-order valence-electron chi connectivity index (χ0n) is 29.0. The molecule has 11 nitrogen and oxygen atoms in total. The fourth-order valence-corrected chi connectivity index (χ4v) is 9.47. The van der Waals surface area contributed by atoms with Gasteiger partial charge in [0.25, 0.3) is 0 Å². The normalized spacial score (nSPS) is 35.6. The summed E-state index contributed by atoms with van der Waals surface area (Å²) in [5, 5.41) is 21.7. The highest BCUT2D eigenvalue weighted by molar-refractivity contribution is 6.01. The zero-order chi connectivity index (χ0) is 37.4. The van der Waals surface area contributed by atoms with E-state index in [-0.39, 0.29) is 48.6 Å². The Morgan fingerprint density at radius 3 is 2.51 bits per heavy atom. The molecule has 1 aromatic rings. The number of hydrogen-bond donors (Lipinski definition) is 4. The average molecular weight is 721 g/mol. The van der Waals surface area contributed by atoms with Crippen LogP contribution >= 0.6 is 0 Å². The number of halogens is 3. The fourth-order valence-electron chi connectivity index (χ4n) is 9.47. The molecule has 1 aliphatic heterocycles. The number of rotatable bonds is 10. The second-order valence-corrected chi connectivity index (χ2v) is 14.7. The SMILES string of the molecule is CCCC1O[C@@H]2C[C@H]3[C@@H]4CCC5=CC(=O)C=C[C@]5(C)[C@H]4[C@@H](O)C[C@]3(C)[C@]2(C(=O)COCNC(=O)[C@@H](N)Cc2ccccc2)O1.O=C(O)C(F)(F)F. The molecule has 280 valence electrons. The van der Waals surface area contributed by atoms with Crippen molar-refractivity contribution >= 4 is 23.4 Å². The number of carboxylic acid groups (broad SMARTS) is 1. The van der Waals surface area contributed by atoms with Gasteiger partial charge < -0.3 is 35.5 Å². The number of ether oxygens (including phenoxy) is 3. The Kier molecular flexibility index (Phi) is 11.3. The molecule has 51 heavy (non-hydrogen) atoms. The first kappa shape index (κ1) is 38.8. The molecule has 4 fully saturated rings. The number of nitrogens with two attached hydrogens (primary N) is 1. The maximum absolute atomic E-state index is 14.3. The fraction of sp³-hybridized carbons (Fsp3) is 0.622. The molecule has 1 unspecified atom stereocenters. The molecule has 10 atom stereocenters. The number of aliphatic carboxylic acids is 1. The van der Waals surface area contributed by atoms with Crippen molar-refractivity contribution in [3.63, 3.8) is 0 Å². The van der Waals surface area contributed by atoms with Crippen LogP contribution in [0.3, 0.4) is 0 Å². The minimum Gasteiger partial charge on any atom is -0.475 e. The van der Waals surface area contributed by atoms with Gasteiger partial charge in [-0.25, -0.2) is 4.79 Å². The maximum Gasteiger partial charge on any atom is 0.490 e. The molecular formula is C37H47F3N2O9. The van der Waals surface area contributed by atoms with E-state index < -0.39 is 53.1 Å². The molecule has 1 saturated heterocycles. The van der Waals surface area contributed by atoms with E-state index in [1.54, 1.807) is 12.2 Å². The van der Waals surface area contributed by atoms with E-state index in [1.165, 1.54) is 0 Å². The van der Waals surface area contributed by atoms with E-state index in [4.69, 9.17) is 29.8 Å². The Bertz CT molecular complexity index is 1550. The summed E-state index contributed by atoms with van der Waals surface area (Å²) < 4.78 is 50.6. The van der Waals surface area contributed by atoms with Gasteiger partial charge in [-0.05, 0) is 68.1 Å². The summed E-state index contributed by atoms with van der Waals surface area (Å²) in [7, 11) is 0. The summed E-state index contributed by atoms with van der Waals surface area (Å²) in [5.41, 5.74) is 5.82. The number of alkyl halides is 3. The van der Waals surface area contributed by atoms with E-state index in [1.807, 2.05) is 36.4 Å². The summed E-state index contributed by atoms with van der Waals surface area (Å²) in [6.07, 6.45) is 3.25. The van der Waals surface area contributed by atoms with Gasteiger partial charge in [0.1, 0.15) is 13.3 Å². The molecule has 6 rings (SSSR count). The molecule has 0 spiro atoms. The van der Waals surface area contributed by atoms with Crippen LogP contribution in [-0.4, -0.2) is 83.3 Å². The number of allylic oxidation sites excluding steroid dienone is 4.